The van der Waals surface area contributed by atoms with Crippen LogP contribution in [0.1, 0.15) is 13.3 Å². The van der Waals surface area contributed by atoms with E-state index in [-0.39, 0.29) is 22.7 Å². The molecule has 11 heteroatoms. The number of nitrogens with zero attached hydrogens (tertiary/aromatic N) is 3. The van der Waals surface area contributed by atoms with Crippen LogP contribution < -0.4 is 10.9 Å². The van der Waals surface area contributed by atoms with Crippen LogP contribution in [-0.4, -0.2) is 26.1 Å². The number of thioether (sulfide) groups is 1. The summed E-state index contributed by atoms with van der Waals surface area (Å²) in [5.74, 6) is -1.51. The van der Waals surface area contributed by atoms with Crippen molar-refractivity contribution in [3.05, 3.63) is 67.2 Å². The highest BCUT2D eigenvalue weighted by Crippen LogP contribution is 2.23. The van der Waals surface area contributed by atoms with Crippen LogP contribution in [0.3, 0.4) is 0 Å². The molecular formula is C19H16BrFN4O4S. The molecule has 0 aliphatic rings. The van der Waals surface area contributed by atoms with Crippen LogP contribution in [0.5, 0.6) is 0 Å². The first-order valence-corrected chi connectivity index (χ1v) is 10.6. The number of carbonyl (C=O) groups is 1. The maximum absolute atomic E-state index is 13.9. The molecule has 30 heavy (non-hydrogen) atoms. The Bertz CT molecular complexity index is 1200. The third kappa shape index (κ3) is 4.85. The van der Waals surface area contributed by atoms with Crippen molar-refractivity contribution in [2.75, 3.05) is 11.1 Å². The lowest BCUT2D eigenvalue weighted by Crippen LogP contribution is -2.24. The Morgan fingerprint density at radius 1 is 1.33 bits per heavy atom. The maximum atomic E-state index is 13.9. The Labute approximate surface area is 182 Å². The summed E-state index contributed by atoms with van der Waals surface area (Å²) in [6, 6.07) is 8.06. The number of aromatic nitrogens is 2. The van der Waals surface area contributed by atoms with Crippen molar-refractivity contribution >= 4 is 55.9 Å². The maximum Gasteiger partial charge on any atom is 0.271 e. The van der Waals surface area contributed by atoms with Gasteiger partial charge in [0.15, 0.2) is 5.16 Å². The van der Waals surface area contributed by atoms with E-state index in [9.17, 15) is 24.1 Å². The fourth-order valence-corrected chi connectivity index (χ4v) is 3.93. The van der Waals surface area contributed by atoms with Gasteiger partial charge < -0.3 is 5.32 Å². The quantitative estimate of drug-likeness (QED) is 0.226. The van der Waals surface area contributed by atoms with Gasteiger partial charge in [0.25, 0.3) is 11.2 Å². The lowest BCUT2D eigenvalue weighted by Gasteiger charge is -2.12. The van der Waals surface area contributed by atoms with Gasteiger partial charge >= 0.3 is 0 Å². The Balaban J connectivity index is 1.83. The van der Waals surface area contributed by atoms with E-state index < -0.39 is 16.6 Å². The zero-order chi connectivity index (χ0) is 21.8. The molecular weight excluding hydrogens is 479 g/mol. The zero-order valence-corrected chi connectivity index (χ0v) is 18.1. The number of non-ortho nitro benzene ring substituents is 1. The van der Waals surface area contributed by atoms with Crippen LogP contribution in [0, 0.1) is 15.9 Å². The summed E-state index contributed by atoms with van der Waals surface area (Å²) in [6.45, 7) is 2.35. The molecule has 0 radical (unpaired) electrons. The molecule has 1 N–H and O–H groups in total. The fourth-order valence-electron chi connectivity index (χ4n) is 2.74. The SMILES string of the molecule is CCCn1c(SCC(=O)Nc2cc([N+](=O)[O-])ccc2F)nc2ccc(Br)cc2c1=O. The molecule has 2 aromatic carbocycles. The van der Waals surface area contributed by atoms with Crippen LogP contribution in [0.25, 0.3) is 10.9 Å². The van der Waals surface area contributed by atoms with E-state index in [4.69, 9.17) is 0 Å². The number of amides is 1. The van der Waals surface area contributed by atoms with Crippen LogP contribution in [0.15, 0.2) is 50.8 Å². The van der Waals surface area contributed by atoms with E-state index in [0.717, 1.165) is 34.4 Å². The summed E-state index contributed by atoms with van der Waals surface area (Å²) in [5, 5.41) is 14.0. The number of rotatable bonds is 7. The zero-order valence-electron chi connectivity index (χ0n) is 15.7. The van der Waals surface area contributed by atoms with Gasteiger partial charge in [-0.1, -0.05) is 34.6 Å². The first kappa shape index (κ1) is 21.9. The van der Waals surface area contributed by atoms with Gasteiger partial charge in [0.05, 0.1) is 27.3 Å². The summed E-state index contributed by atoms with van der Waals surface area (Å²) >= 11 is 4.38. The molecule has 1 heterocycles. The van der Waals surface area contributed by atoms with Gasteiger partial charge in [0.1, 0.15) is 5.82 Å². The summed E-state index contributed by atoms with van der Waals surface area (Å²) in [4.78, 5) is 39.8. The predicted octanol–water partition coefficient (Wildman–Crippen LogP) is 4.35. The Hall–Kier alpha value is -2.79. The van der Waals surface area contributed by atoms with E-state index in [0.29, 0.717) is 29.0 Å². The van der Waals surface area contributed by atoms with Crippen molar-refractivity contribution in [2.45, 2.75) is 25.0 Å². The standard InChI is InChI=1S/C19H16BrFN4O4S/c1-2-7-24-18(27)13-8-11(20)3-6-15(13)23-19(24)30-10-17(26)22-16-9-12(25(28)29)4-5-14(16)21/h3-6,8-9H,2,7,10H2,1H3,(H,22,26). The lowest BCUT2D eigenvalue weighted by molar-refractivity contribution is -0.384. The summed E-state index contributed by atoms with van der Waals surface area (Å²) in [6.07, 6.45) is 0.694. The van der Waals surface area contributed by atoms with E-state index in [1.165, 1.54) is 4.57 Å². The fraction of sp³-hybridized carbons (Fsp3) is 0.211. The van der Waals surface area contributed by atoms with Crippen LogP contribution in [-0.2, 0) is 11.3 Å². The van der Waals surface area contributed by atoms with Crippen molar-refractivity contribution in [1.29, 1.82) is 0 Å². The van der Waals surface area contributed by atoms with Crippen molar-refractivity contribution < 1.29 is 14.1 Å². The summed E-state index contributed by atoms with van der Waals surface area (Å²) < 4.78 is 16.1. The molecule has 3 rings (SSSR count). The number of nitro groups is 1. The Morgan fingerprint density at radius 3 is 2.80 bits per heavy atom. The highest BCUT2D eigenvalue weighted by molar-refractivity contribution is 9.10. The van der Waals surface area contributed by atoms with Crippen LogP contribution in [0.4, 0.5) is 15.8 Å². The van der Waals surface area contributed by atoms with Crippen molar-refractivity contribution in [1.82, 2.24) is 9.55 Å². The molecule has 0 saturated heterocycles. The lowest BCUT2D eigenvalue weighted by atomic mass is 10.2. The van der Waals surface area contributed by atoms with Gasteiger partial charge in [-0.3, -0.25) is 24.3 Å². The average molecular weight is 495 g/mol. The second-order valence-electron chi connectivity index (χ2n) is 6.27. The molecule has 3 aromatic rings. The average Bonchev–Trinajstić information content (AvgIpc) is 2.71. The van der Waals surface area contributed by atoms with Gasteiger partial charge in [0.2, 0.25) is 5.91 Å². The number of halogens is 2. The number of fused-ring (bicyclic) bond motifs is 1. The van der Waals surface area contributed by atoms with Gasteiger partial charge in [-0.15, -0.1) is 0 Å². The minimum Gasteiger partial charge on any atom is -0.323 e. The number of benzene rings is 2. The van der Waals surface area contributed by atoms with Gasteiger partial charge in [-0.25, -0.2) is 9.37 Å². The van der Waals surface area contributed by atoms with Crippen LogP contribution >= 0.6 is 27.7 Å². The number of hydrogen-bond donors (Lipinski definition) is 1. The second-order valence-corrected chi connectivity index (χ2v) is 8.13. The van der Waals surface area contributed by atoms with Crippen molar-refractivity contribution in [3.8, 4) is 0 Å². The number of hydrogen-bond acceptors (Lipinski definition) is 6. The van der Waals surface area contributed by atoms with Crippen molar-refractivity contribution in [3.63, 3.8) is 0 Å². The molecule has 0 bridgehead atoms. The smallest absolute Gasteiger partial charge is 0.271 e. The van der Waals surface area contributed by atoms with Gasteiger partial charge in [-0.05, 0) is 30.7 Å². The third-order valence-corrected chi connectivity index (χ3v) is 5.57. The molecule has 1 aromatic heterocycles. The van der Waals surface area contributed by atoms with Crippen LogP contribution in [0.2, 0.25) is 0 Å². The Kier molecular flexibility index (Phi) is 6.83. The minimum absolute atomic E-state index is 0.152. The van der Waals surface area contributed by atoms with Gasteiger partial charge in [-0.2, -0.15) is 0 Å². The third-order valence-electron chi connectivity index (χ3n) is 4.10. The molecule has 0 aliphatic heterocycles. The van der Waals surface area contributed by atoms with Gasteiger partial charge in [0, 0.05) is 23.2 Å². The minimum atomic E-state index is -0.781. The highest BCUT2D eigenvalue weighted by atomic mass is 79.9. The normalized spacial score (nSPS) is 10.9. The summed E-state index contributed by atoms with van der Waals surface area (Å²) in [7, 11) is 0. The van der Waals surface area contributed by atoms with E-state index in [1.54, 1.807) is 18.2 Å². The molecule has 156 valence electrons. The Morgan fingerprint density at radius 2 is 2.10 bits per heavy atom. The van der Waals surface area contributed by atoms with Crippen molar-refractivity contribution in [2.24, 2.45) is 0 Å². The number of anilines is 1. The number of nitrogens with one attached hydrogen (secondary N) is 1. The molecule has 1 amide bonds. The van der Waals surface area contributed by atoms with E-state index in [1.807, 2.05) is 6.92 Å². The second kappa shape index (κ2) is 9.35. The largest absolute Gasteiger partial charge is 0.323 e. The number of carbonyl (C=O) groups excluding carboxylic acids is 1. The molecule has 0 fully saturated rings. The molecule has 0 atom stereocenters. The molecule has 0 unspecified atom stereocenters. The molecule has 0 saturated carbocycles. The van der Waals surface area contributed by atoms with E-state index >= 15 is 0 Å². The summed E-state index contributed by atoms with van der Waals surface area (Å²) in [5.41, 5.74) is -0.324. The molecule has 8 nitrogen and oxygen atoms in total. The monoisotopic (exact) mass is 494 g/mol. The first-order chi connectivity index (χ1) is 14.3. The highest BCUT2D eigenvalue weighted by Gasteiger charge is 2.16. The number of nitro benzene ring substituents is 1. The molecule has 0 spiro atoms. The predicted molar refractivity (Wildman–Crippen MR) is 116 cm³/mol. The topological polar surface area (TPSA) is 107 Å². The van der Waals surface area contributed by atoms with E-state index in [2.05, 4.69) is 26.2 Å². The first-order valence-electron chi connectivity index (χ1n) is 8.87. The molecule has 0 aliphatic carbocycles.